The molecule has 1 heterocycles. The third-order valence-corrected chi connectivity index (χ3v) is 2.46. The summed E-state index contributed by atoms with van der Waals surface area (Å²) in [5.41, 5.74) is 2.00. The number of hydrogen-bond donors (Lipinski definition) is 3. The molecular weight excluding hydrogens is 218 g/mol. The Balaban J connectivity index is 2.26. The normalized spacial score (nSPS) is 10.2. The lowest BCUT2D eigenvalue weighted by molar-refractivity contribution is 0.102. The van der Waals surface area contributed by atoms with Crippen LogP contribution in [-0.4, -0.2) is 21.2 Å². The zero-order valence-corrected chi connectivity index (χ0v) is 9.61. The number of aromatic nitrogens is 2. The second-order valence-corrected chi connectivity index (χ2v) is 3.90. The smallest absolute Gasteiger partial charge is 0.260 e. The molecule has 0 spiro atoms. The molecule has 0 aliphatic carbocycles. The molecule has 5 nitrogen and oxygen atoms in total. The van der Waals surface area contributed by atoms with Gasteiger partial charge >= 0.3 is 0 Å². The van der Waals surface area contributed by atoms with Gasteiger partial charge in [-0.25, -0.2) is 0 Å². The molecule has 0 radical (unpaired) electrons. The standard InChI is InChI=1S/C12H13N3O2/c1-7-3-4-10(16)9(5-7)12(17)14-11-8(2)6-13-15-11/h3-6,16H,1-2H3,(H2,13,14,15,17). The molecule has 17 heavy (non-hydrogen) atoms. The minimum Gasteiger partial charge on any atom is -0.507 e. The van der Waals surface area contributed by atoms with Gasteiger partial charge in [0.15, 0.2) is 0 Å². The van der Waals surface area contributed by atoms with Crippen molar-refractivity contribution < 1.29 is 9.90 Å². The summed E-state index contributed by atoms with van der Waals surface area (Å²) in [6.45, 7) is 3.69. The average molecular weight is 231 g/mol. The van der Waals surface area contributed by atoms with Crippen LogP contribution in [0, 0.1) is 13.8 Å². The van der Waals surface area contributed by atoms with Crippen molar-refractivity contribution in [2.75, 3.05) is 5.32 Å². The Hall–Kier alpha value is -2.30. The summed E-state index contributed by atoms with van der Waals surface area (Å²) in [6, 6.07) is 4.88. The maximum absolute atomic E-state index is 11.9. The van der Waals surface area contributed by atoms with Crippen molar-refractivity contribution in [3.05, 3.63) is 41.1 Å². The van der Waals surface area contributed by atoms with Crippen LogP contribution in [0.15, 0.2) is 24.4 Å². The largest absolute Gasteiger partial charge is 0.507 e. The van der Waals surface area contributed by atoms with Gasteiger partial charge in [-0.1, -0.05) is 11.6 Å². The molecule has 5 heteroatoms. The molecule has 0 saturated heterocycles. The zero-order valence-electron chi connectivity index (χ0n) is 9.61. The summed E-state index contributed by atoms with van der Waals surface area (Å²) in [4.78, 5) is 11.9. The Morgan fingerprint density at radius 1 is 1.41 bits per heavy atom. The quantitative estimate of drug-likeness (QED) is 0.739. The maximum Gasteiger partial charge on any atom is 0.260 e. The fourth-order valence-electron chi connectivity index (χ4n) is 1.49. The summed E-state index contributed by atoms with van der Waals surface area (Å²) in [5, 5.41) is 18.8. The molecule has 0 saturated carbocycles. The van der Waals surface area contributed by atoms with Crippen molar-refractivity contribution in [3.8, 4) is 5.75 Å². The molecule has 1 amide bonds. The number of H-pyrrole nitrogens is 1. The van der Waals surface area contributed by atoms with Crippen LogP contribution < -0.4 is 5.32 Å². The van der Waals surface area contributed by atoms with Gasteiger partial charge in [-0.3, -0.25) is 9.89 Å². The number of phenolic OH excluding ortho intramolecular Hbond substituents is 1. The number of aromatic amines is 1. The van der Waals surface area contributed by atoms with E-state index >= 15 is 0 Å². The van der Waals surface area contributed by atoms with E-state index in [9.17, 15) is 9.90 Å². The van der Waals surface area contributed by atoms with Crippen molar-refractivity contribution in [2.24, 2.45) is 0 Å². The molecule has 3 N–H and O–H groups in total. The van der Waals surface area contributed by atoms with E-state index in [4.69, 9.17) is 0 Å². The predicted octanol–water partition coefficient (Wildman–Crippen LogP) is 1.98. The van der Waals surface area contributed by atoms with Crippen LogP contribution in [0.2, 0.25) is 0 Å². The molecular formula is C12H13N3O2. The van der Waals surface area contributed by atoms with Crippen LogP contribution in [0.25, 0.3) is 0 Å². The van der Waals surface area contributed by atoms with E-state index in [0.29, 0.717) is 5.82 Å². The average Bonchev–Trinajstić information content (AvgIpc) is 2.68. The molecule has 0 unspecified atom stereocenters. The van der Waals surface area contributed by atoms with Gasteiger partial charge in [-0.2, -0.15) is 5.10 Å². The Morgan fingerprint density at radius 2 is 2.18 bits per heavy atom. The van der Waals surface area contributed by atoms with Crippen molar-refractivity contribution >= 4 is 11.7 Å². The van der Waals surface area contributed by atoms with Crippen molar-refractivity contribution in [2.45, 2.75) is 13.8 Å². The van der Waals surface area contributed by atoms with Gasteiger partial charge in [0.1, 0.15) is 11.6 Å². The summed E-state index contributed by atoms with van der Waals surface area (Å²) in [7, 11) is 0. The highest BCUT2D eigenvalue weighted by molar-refractivity contribution is 6.06. The minimum atomic E-state index is -0.362. The van der Waals surface area contributed by atoms with Gasteiger partial charge in [-0.15, -0.1) is 0 Å². The topological polar surface area (TPSA) is 78.0 Å². The van der Waals surface area contributed by atoms with E-state index in [1.165, 1.54) is 6.07 Å². The number of amides is 1. The van der Waals surface area contributed by atoms with Gasteiger partial charge in [-0.05, 0) is 26.0 Å². The van der Waals surface area contributed by atoms with Crippen LogP contribution in [0.1, 0.15) is 21.5 Å². The van der Waals surface area contributed by atoms with E-state index in [0.717, 1.165) is 11.1 Å². The Kier molecular flexibility index (Phi) is 2.82. The lowest BCUT2D eigenvalue weighted by atomic mass is 10.1. The number of nitrogens with zero attached hydrogens (tertiary/aromatic N) is 1. The number of phenols is 1. The molecule has 2 rings (SSSR count). The number of aryl methyl sites for hydroxylation is 2. The molecule has 88 valence electrons. The minimum absolute atomic E-state index is 0.0368. The zero-order chi connectivity index (χ0) is 12.4. The fraction of sp³-hybridized carbons (Fsp3) is 0.167. The molecule has 0 bridgehead atoms. The Labute approximate surface area is 98.5 Å². The first-order valence-electron chi connectivity index (χ1n) is 5.19. The van der Waals surface area contributed by atoms with Crippen LogP contribution in [-0.2, 0) is 0 Å². The number of aromatic hydroxyl groups is 1. The first kappa shape index (κ1) is 11.2. The maximum atomic E-state index is 11.9. The van der Waals surface area contributed by atoms with E-state index in [1.807, 2.05) is 13.8 Å². The highest BCUT2D eigenvalue weighted by Gasteiger charge is 2.13. The molecule has 0 aliphatic heterocycles. The van der Waals surface area contributed by atoms with Crippen molar-refractivity contribution in [3.63, 3.8) is 0 Å². The van der Waals surface area contributed by atoms with Gasteiger partial charge in [0.25, 0.3) is 5.91 Å². The Bertz CT molecular complexity index is 561. The van der Waals surface area contributed by atoms with Crippen LogP contribution in [0.5, 0.6) is 5.75 Å². The van der Waals surface area contributed by atoms with Crippen molar-refractivity contribution in [1.82, 2.24) is 10.2 Å². The third kappa shape index (κ3) is 2.28. The number of rotatable bonds is 2. The number of anilines is 1. The van der Waals surface area contributed by atoms with Crippen LogP contribution in [0.3, 0.4) is 0 Å². The second-order valence-electron chi connectivity index (χ2n) is 3.90. The van der Waals surface area contributed by atoms with E-state index in [1.54, 1.807) is 18.3 Å². The second kappa shape index (κ2) is 4.29. The van der Waals surface area contributed by atoms with Crippen molar-refractivity contribution in [1.29, 1.82) is 0 Å². The van der Waals surface area contributed by atoms with Gasteiger partial charge in [0.05, 0.1) is 11.8 Å². The molecule has 2 aromatic rings. The highest BCUT2D eigenvalue weighted by Crippen LogP contribution is 2.20. The lowest BCUT2D eigenvalue weighted by Gasteiger charge is -2.06. The molecule has 0 fully saturated rings. The third-order valence-electron chi connectivity index (χ3n) is 2.46. The summed E-state index contributed by atoms with van der Waals surface area (Å²) < 4.78 is 0. The SMILES string of the molecule is Cc1ccc(O)c(C(=O)Nc2[nH]ncc2C)c1. The molecule has 1 aromatic carbocycles. The first-order valence-corrected chi connectivity index (χ1v) is 5.19. The van der Waals surface area contributed by atoms with Crippen LogP contribution >= 0.6 is 0 Å². The lowest BCUT2D eigenvalue weighted by Crippen LogP contribution is -2.13. The van der Waals surface area contributed by atoms with E-state index < -0.39 is 0 Å². The van der Waals surface area contributed by atoms with Crippen LogP contribution in [0.4, 0.5) is 5.82 Å². The highest BCUT2D eigenvalue weighted by atomic mass is 16.3. The fourth-order valence-corrected chi connectivity index (χ4v) is 1.49. The molecule has 1 aromatic heterocycles. The number of carbonyl (C=O) groups excluding carboxylic acids is 1. The monoisotopic (exact) mass is 231 g/mol. The number of hydrogen-bond acceptors (Lipinski definition) is 3. The predicted molar refractivity (Wildman–Crippen MR) is 64.1 cm³/mol. The number of benzene rings is 1. The number of nitrogens with one attached hydrogen (secondary N) is 2. The summed E-state index contributed by atoms with van der Waals surface area (Å²) in [6.07, 6.45) is 1.62. The first-order chi connectivity index (χ1) is 8.08. The number of carbonyl (C=O) groups is 1. The Morgan fingerprint density at radius 3 is 2.82 bits per heavy atom. The summed E-state index contributed by atoms with van der Waals surface area (Å²) in [5.74, 6) is 0.139. The van der Waals surface area contributed by atoms with E-state index in [-0.39, 0.29) is 17.2 Å². The molecule has 0 aliphatic rings. The van der Waals surface area contributed by atoms with Gasteiger partial charge in [0, 0.05) is 5.56 Å². The molecule has 0 atom stereocenters. The van der Waals surface area contributed by atoms with Gasteiger partial charge in [0.2, 0.25) is 0 Å². The van der Waals surface area contributed by atoms with E-state index in [2.05, 4.69) is 15.5 Å². The van der Waals surface area contributed by atoms with Gasteiger partial charge < -0.3 is 10.4 Å². The summed E-state index contributed by atoms with van der Waals surface area (Å²) >= 11 is 0.